The number of hydrogen-bond donors (Lipinski definition) is 2. The second-order valence-corrected chi connectivity index (χ2v) is 7.17. The van der Waals surface area contributed by atoms with Gasteiger partial charge in [0.2, 0.25) is 0 Å². The Labute approximate surface area is 165 Å². The van der Waals surface area contributed by atoms with Crippen molar-refractivity contribution in [2.24, 2.45) is 0 Å². The molecule has 1 aliphatic heterocycles. The van der Waals surface area contributed by atoms with Gasteiger partial charge < -0.3 is 19.9 Å². The Balaban J connectivity index is 1.53. The molecule has 0 radical (unpaired) electrons. The summed E-state index contributed by atoms with van der Waals surface area (Å²) in [5.74, 6) is 0.852. The molecule has 0 saturated carbocycles. The molecule has 6 heteroatoms. The number of anilines is 2. The second-order valence-electron chi connectivity index (χ2n) is 6.77. The first kappa shape index (κ1) is 19.5. The van der Waals surface area contributed by atoms with Gasteiger partial charge in [-0.3, -0.25) is 4.79 Å². The van der Waals surface area contributed by atoms with Gasteiger partial charge in [0.05, 0.1) is 43.5 Å². The maximum absolute atomic E-state index is 12.6. The monoisotopic (exact) mass is 388 g/mol. The molecule has 0 unspecified atom stereocenters. The average molecular weight is 389 g/mol. The van der Waals surface area contributed by atoms with E-state index in [1.165, 1.54) is 4.90 Å². The zero-order valence-corrected chi connectivity index (χ0v) is 16.6. The summed E-state index contributed by atoms with van der Waals surface area (Å²) in [6.07, 6.45) is 0. The molecule has 3 rings (SSSR count). The molecule has 27 heavy (non-hydrogen) atoms. The van der Waals surface area contributed by atoms with E-state index in [1.54, 1.807) is 0 Å². The number of halogens is 1. The van der Waals surface area contributed by atoms with E-state index in [4.69, 9.17) is 16.3 Å². The van der Waals surface area contributed by atoms with E-state index >= 15 is 0 Å². The van der Waals surface area contributed by atoms with Crippen LogP contribution in [0.4, 0.5) is 11.4 Å². The van der Waals surface area contributed by atoms with E-state index < -0.39 is 0 Å². The Morgan fingerprint density at radius 1 is 1.19 bits per heavy atom. The molecule has 1 atom stereocenters. The minimum atomic E-state index is -0.107. The third-order valence-corrected chi connectivity index (χ3v) is 5.36. The van der Waals surface area contributed by atoms with E-state index in [1.807, 2.05) is 56.3 Å². The highest BCUT2D eigenvalue weighted by Gasteiger charge is 2.29. The highest BCUT2D eigenvalue weighted by molar-refractivity contribution is 6.33. The number of benzene rings is 2. The maximum Gasteiger partial charge on any atom is 0.282 e. The summed E-state index contributed by atoms with van der Waals surface area (Å²) < 4.78 is 5.43. The summed E-state index contributed by atoms with van der Waals surface area (Å²) >= 11 is 6.31. The number of amides is 1. The molecule has 144 valence electrons. The van der Waals surface area contributed by atoms with Crippen LogP contribution in [0, 0.1) is 0 Å². The topological polar surface area (TPSA) is 46.0 Å². The molecule has 2 N–H and O–H groups in total. The molecule has 1 amide bonds. The molecular formula is C21H27ClN3O2+. The first-order valence-electron chi connectivity index (χ1n) is 9.46. The molecule has 5 nitrogen and oxygen atoms in total. The molecule has 1 aliphatic rings. The Morgan fingerprint density at radius 2 is 1.85 bits per heavy atom. The Kier molecular flexibility index (Phi) is 6.58. The summed E-state index contributed by atoms with van der Waals surface area (Å²) in [4.78, 5) is 16.2. The van der Waals surface area contributed by atoms with Gasteiger partial charge in [0.25, 0.3) is 5.91 Å². The number of piperazine rings is 1. The number of carbonyl (C=O) groups excluding carboxylic acids is 1. The van der Waals surface area contributed by atoms with Gasteiger partial charge >= 0.3 is 0 Å². The minimum Gasteiger partial charge on any atom is -0.494 e. The number of nitrogens with one attached hydrogen (secondary N) is 2. The molecule has 2 aromatic rings. The predicted molar refractivity (Wildman–Crippen MR) is 110 cm³/mol. The summed E-state index contributed by atoms with van der Waals surface area (Å²) in [6.45, 7) is 8.16. The Bertz CT molecular complexity index is 758. The average Bonchev–Trinajstić information content (AvgIpc) is 2.70. The van der Waals surface area contributed by atoms with Crippen LogP contribution in [0.5, 0.6) is 5.75 Å². The largest absolute Gasteiger partial charge is 0.494 e. The van der Waals surface area contributed by atoms with Crippen molar-refractivity contribution in [2.75, 3.05) is 43.0 Å². The summed E-state index contributed by atoms with van der Waals surface area (Å²) in [7, 11) is 0. The van der Waals surface area contributed by atoms with Crippen molar-refractivity contribution in [3.8, 4) is 5.75 Å². The first-order valence-corrected chi connectivity index (χ1v) is 9.84. The van der Waals surface area contributed by atoms with Crippen molar-refractivity contribution in [3.05, 3.63) is 53.6 Å². The molecule has 0 aliphatic carbocycles. The fraction of sp³-hybridized carbons (Fsp3) is 0.381. The van der Waals surface area contributed by atoms with Crippen LogP contribution in [0.3, 0.4) is 0 Å². The molecule has 1 saturated heterocycles. The Hall–Kier alpha value is -2.24. The number of hydrogen-bond acceptors (Lipinski definition) is 3. The van der Waals surface area contributed by atoms with E-state index in [0.717, 1.165) is 48.3 Å². The smallest absolute Gasteiger partial charge is 0.282 e. The molecule has 2 aromatic carbocycles. The van der Waals surface area contributed by atoms with Gasteiger partial charge in [-0.05, 0) is 50.2 Å². The van der Waals surface area contributed by atoms with Crippen molar-refractivity contribution < 1.29 is 14.4 Å². The lowest BCUT2D eigenvalue weighted by Crippen LogP contribution is -3.19. The first-order chi connectivity index (χ1) is 13.1. The van der Waals surface area contributed by atoms with Crippen molar-refractivity contribution in [2.45, 2.75) is 19.9 Å². The van der Waals surface area contributed by atoms with Crippen LogP contribution in [-0.4, -0.2) is 44.7 Å². The highest BCUT2D eigenvalue weighted by atomic mass is 35.5. The SMILES string of the molecule is CCOc1ccc(NC(=O)[C@H](C)[NH+]2CCN(c3ccccc3Cl)CC2)cc1. The fourth-order valence-corrected chi connectivity index (χ4v) is 3.67. The van der Waals surface area contributed by atoms with Crippen molar-refractivity contribution >= 4 is 28.9 Å². The normalized spacial score (nSPS) is 16.0. The van der Waals surface area contributed by atoms with Crippen LogP contribution in [0.15, 0.2) is 48.5 Å². The highest BCUT2D eigenvalue weighted by Crippen LogP contribution is 2.24. The van der Waals surface area contributed by atoms with Crippen LogP contribution in [-0.2, 0) is 4.79 Å². The van der Waals surface area contributed by atoms with E-state index in [9.17, 15) is 4.79 Å². The quantitative estimate of drug-likeness (QED) is 0.799. The summed E-state index contributed by atoms with van der Waals surface area (Å²) in [5.41, 5.74) is 1.87. The van der Waals surface area contributed by atoms with Crippen LogP contribution >= 0.6 is 11.6 Å². The lowest BCUT2D eigenvalue weighted by molar-refractivity contribution is -0.914. The molecular weight excluding hydrogens is 362 g/mol. The van der Waals surface area contributed by atoms with Crippen LogP contribution in [0.2, 0.25) is 5.02 Å². The van der Waals surface area contributed by atoms with Crippen molar-refractivity contribution in [3.63, 3.8) is 0 Å². The predicted octanol–water partition coefficient (Wildman–Crippen LogP) is 2.47. The lowest BCUT2D eigenvalue weighted by atomic mass is 10.2. The number of nitrogens with zero attached hydrogens (tertiary/aromatic N) is 1. The van der Waals surface area contributed by atoms with Gasteiger partial charge in [-0.15, -0.1) is 0 Å². The Morgan fingerprint density at radius 3 is 2.48 bits per heavy atom. The minimum absolute atomic E-state index is 0.0420. The molecule has 0 aromatic heterocycles. The van der Waals surface area contributed by atoms with E-state index in [-0.39, 0.29) is 11.9 Å². The number of ether oxygens (including phenoxy) is 1. The third kappa shape index (κ3) is 4.93. The van der Waals surface area contributed by atoms with Gasteiger partial charge in [-0.1, -0.05) is 23.7 Å². The van der Waals surface area contributed by atoms with Crippen molar-refractivity contribution in [1.29, 1.82) is 0 Å². The number of carbonyl (C=O) groups is 1. The van der Waals surface area contributed by atoms with Gasteiger partial charge in [-0.2, -0.15) is 0 Å². The maximum atomic E-state index is 12.6. The van der Waals surface area contributed by atoms with E-state index in [2.05, 4.69) is 16.3 Å². The zero-order valence-electron chi connectivity index (χ0n) is 15.9. The molecule has 0 spiro atoms. The molecule has 0 bridgehead atoms. The number of para-hydroxylation sites is 1. The standard InChI is InChI=1S/C21H26ClN3O2/c1-3-27-18-10-8-17(9-11-18)23-21(26)16(2)24-12-14-25(15-13-24)20-7-5-4-6-19(20)22/h4-11,16H,3,12-15H2,1-2H3,(H,23,26)/p+1/t16-/m0/s1. The van der Waals surface area contributed by atoms with E-state index in [0.29, 0.717) is 6.61 Å². The van der Waals surface area contributed by atoms with Gasteiger partial charge in [0.1, 0.15) is 5.75 Å². The third-order valence-electron chi connectivity index (χ3n) is 5.04. The fourth-order valence-electron chi connectivity index (χ4n) is 3.41. The van der Waals surface area contributed by atoms with Crippen LogP contribution < -0.4 is 19.9 Å². The number of quaternary nitrogens is 1. The molecule has 1 fully saturated rings. The van der Waals surface area contributed by atoms with Gasteiger partial charge in [0, 0.05) is 5.69 Å². The zero-order chi connectivity index (χ0) is 19.2. The summed E-state index contributed by atoms with van der Waals surface area (Å²) in [6, 6.07) is 15.3. The second kappa shape index (κ2) is 9.11. The van der Waals surface area contributed by atoms with Crippen LogP contribution in [0.1, 0.15) is 13.8 Å². The summed E-state index contributed by atoms with van der Waals surface area (Å²) in [5, 5.41) is 3.79. The van der Waals surface area contributed by atoms with Crippen molar-refractivity contribution in [1.82, 2.24) is 0 Å². The van der Waals surface area contributed by atoms with Gasteiger partial charge in [0.15, 0.2) is 6.04 Å². The molecule has 1 heterocycles. The lowest BCUT2D eigenvalue weighted by Gasteiger charge is -2.36. The van der Waals surface area contributed by atoms with Gasteiger partial charge in [-0.25, -0.2) is 0 Å². The van der Waals surface area contributed by atoms with Crippen LogP contribution in [0.25, 0.3) is 0 Å². The number of rotatable bonds is 6.